The Kier molecular flexibility index (Phi) is 3.39. The number of fused-ring (bicyclic) bond motifs is 1. The molecule has 0 aromatic heterocycles. The lowest BCUT2D eigenvalue weighted by atomic mass is 9.85. The van der Waals surface area contributed by atoms with Crippen molar-refractivity contribution in [3.05, 3.63) is 23.8 Å². The van der Waals surface area contributed by atoms with Crippen LogP contribution in [0.3, 0.4) is 0 Å². The molecule has 3 unspecified atom stereocenters. The van der Waals surface area contributed by atoms with Crippen LogP contribution < -0.4 is 14.8 Å². The molecule has 3 atom stereocenters. The van der Waals surface area contributed by atoms with E-state index in [9.17, 15) is 0 Å². The molecule has 1 saturated heterocycles. The van der Waals surface area contributed by atoms with E-state index >= 15 is 0 Å². The molecule has 2 aliphatic rings. The van der Waals surface area contributed by atoms with Gasteiger partial charge in [-0.05, 0) is 31.7 Å². The summed E-state index contributed by atoms with van der Waals surface area (Å²) < 4.78 is 11.7. The van der Waals surface area contributed by atoms with Gasteiger partial charge in [0, 0.05) is 29.0 Å². The van der Waals surface area contributed by atoms with Crippen molar-refractivity contribution in [3.8, 4) is 11.5 Å². The predicted octanol–water partition coefficient (Wildman–Crippen LogP) is 3.00. The standard InChI is InChI=1S/C15H21NO2S/c1-10-7-15(9-19-10)8-13(16-2)12-6-11(17-3)4-5-14(12)18-15/h4-6,10,13,16H,7-9H2,1-3H3. The van der Waals surface area contributed by atoms with Crippen molar-refractivity contribution in [2.45, 2.75) is 36.7 Å². The average molecular weight is 279 g/mol. The van der Waals surface area contributed by atoms with Gasteiger partial charge in [0.15, 0.2) is 0 Å². The molecule has 1 N–H and O–H groups in total. The van der Waals surface area contributed by atoms with Gasteiger partial charge in [-0.15, -0.1) is 0 Å². The van der Waals surface area contributed by atoms with Gasteiger partial charge < -0.3 is 14.8 Å². The minimum absolute atomic E-state index is 0.0132. The van der Waals surface area contributed by atoms with Gasteiger partial charge in [0.25, 0.3) is 0 Å². The lowest BCUT2D eigenvalue weighted by Gasteiger charge is -2.39. The molecule has 1 spiro atoms. The summed E-state index contributed by atoms with van der Waals surface area (Å²) in [6.07, 6.45) is 2.18. The third-order valence-corrected chi connectivity index (χ3v) is 5.56. The van der Waals surface area contributed by atoms with Gasteiger partial charge in [-0.25, -0.2) is 0 Å². The Morgan fingerprint density at radius 1 is 1.42 bits per heavy atom. The molecule has 1 aromatic carbocycles. The maximum atomic E-state index is 6.37. The fourth-order valence-corrected chi connectivity index (χ4v) is 4.49. The number of nitrogens with one attached hydrogen (secondary N) is 1. The summed E-state index contributed by atoms with van der Waals surface area (Å²) in [4.78, 5) is 0. The first-order valence-electron chi connectivity index (χ1n) is 6.81. The largest absolute Gasteiger partial charge is 0.497 e. The molecule has 0 amide bonds. The van der Waals surface area contributed by atoms with Crippen LogP contribution in [-0.4, -0.2) is 30.8 Å². The molecule has 3 nitrogen and oxygen atoms in total. The van der Waals surface area contributed by atoms with Gasteiger partial charge in [-0.1, -0.05) is 6.92 Å². The van der Waals surface area contributed by atoms with Crippen molar-refractivity contribution in [2.75, 3.05) is 19.9 Å². The predicted molar refractivity (Wildman–Crippen MR) is 79.3 cm³/mol. The van der Waals surface area contributed by atoms with E-state index in [0.717, 1.165) is 30.1 Å². The first-order chi connectivity index (χ1) is 9.15. The van der Waals surface area contributed by atoms with Crippen molar-refractivity contribution in [1.29, 1.82) is 0 Å². The van der Waals surface area contributed by atoms with Crippen molar-refractivity contribution < 1.29 is 9.47 Å². The lowest BCUT2D eigenvalue weighted by Crippen LogP contribution is -2.44. The third kappa shape index (κ3) is 2.32. The zero-order chi connectivity index (χ0) is 13.5. The van der Waals surface area contributed by atoms with Crippen LogP contribution in [0.2, 0.25) is 0 Å². The molecule has 0 saturated carbocycles. The van der Waals surface area contributed by atoms with Crippen molar-refractivity contribution in [3.63, 3.8) is 0 Å². The molecule has 0 radical (unpaired) electrons. The first-order valence-corrected chi connectivity index (χ1v) is 7.86. The molecule has 19 heavy (non-hydrogen) atoms. The van der Waals surface area contributed by atoms with Crippen LogP contribution in [0.15, 0.2) is 18.2 Å². The highest BCUT2D eigenvalue weighted by Crippen LogP contribution is 2.48. The van der Waals surface area contributed by atoms with Crippen LogP contribution in [0.25, 0.3) is 0 Å². The van der Waals surface area contributed by atoms with E-state index < -0.39 is 0 Å². The molecule has 104 valence electrons. The summed E-state index contributed by atoms with van der Waals surface area (Å²) in [6.45, 7) is 2.29. The van der Waals surface area contributed by atoms with E-state index in [1.807, 2.05) is 30.9 Å². The molecule has 0 aliphatic carbocycles. The van der Waals surface area contributed by atoms with Crippen LogP contribution >= 0.6 is 11.8 Å². The van der Waals surface area contributed by atoms with Gasteiger partial charge in [0.05, 0.1) is 7.11 Å². The first kappa shape index (κ1) is 13.1. The van der Waals surface area contributed by atoms with E-state index in [2.05, 4.69) is 18.3 Å². The van der Waals surface area contributed by atoms with Crippen molar-refractivity contribution in [2.24, 2.45) is 0 Å². The second-order valence-corrected chi connectivity index (χ2v) is 6.99. The zero-order valence-corrected chi connectivity index (χ0v) is 12.5. The Hall–Kier alpha value is -0.870. The number of benzene rings is 1. The number of rotatable bonds is 2. The monoisotopic (exact) mass is 279 g/mol. The number of hydrogen-bond acceptors (Lipinski definition) is 4. The second kappa shape index (κ2) is 4.91. The fraction of sp³-hybridized carbons (Fsp3) is 0.600. The summed E-state index contributed by atoms with van der Waals surface area (Å²) in [6, 6.07) is 6.47. The number of ether oxygens (including phenoxy) is 2. The highest BCUT2D eigenvalue weighted by molar-refractivity contribution is 8.00. The van der Waals surface area contributed by atoms with E-state index in [4.69, 9.17) is 9.47 Å². The van der Waals surface area contributed by atoms with Gasteiger partial charge in [0.1, 0.15) is 17.1 Å². The Bertz CT molecular complexity index is 479. The summed E-state index contributed by atoms with van der Waals surface area (Å²) >= 11 is 2.02. The number of thioether (sulfide) groups is 1. The van der Waals surface area contributed by atoms with Gasteiger partial charge in [-0.3, -0.25) is 0 Å². The van der Waals surface area contributed by atoms with E-state index in [1.165, 1.54) is 5.56 Å². The normalized spacial score (nSPS) is 33.0. The summed E-state index contributed by atoms with van der Waals surface area (Å²) in [5.41, 5.74) is 1.23. The zero-order valence-electron chi connectivity index (χ0n) is 11.7. The lowest BCUT2D eigenvalue weighted by molar-refractivity contribution is 0.0524. The SMILES string of the molecule is CNC1CC2(CSC(C)C2)Oc2ccc(OC)cc21. The van der Waals surface area contributed by atoms with Gasteiger partial charge in [-0.2, -0.15) is 11.8 Å². The molecule has 0 bridgehead atoms. The Labute approximate surface area is 119 Å². The summed E-state index contributed by atoms with van der Waals surface area (Å²) in [5, 5.41) is 4.12. The number of methoxy groups -OCH3 is 1. The van der Waals surface area contributed by atoms with Crippen LogP contribution in [0, 0.1) is 0 Å². The maximum Gasteiger partial charge on any atom is 0.125 e. The summed E-state index contributed by atoms with van der Waals surface area (Å²) in [5.74, 6) is 3.01. The molecule has 3 rings (SSSR count). The molecule has 1 fully saturated rings. The van der Waals surface area contributed by atoms with Crippen molar-refractivity contribution >= 4 is 11.8 Å². The van der Waals surface area contributed by atoms with Gasteiger partial charge >= 0.3 is 0 Å². The third-order valence-electron chi connectivity index (χ3n) is 4.13. The van der Waals surface area contributed by atoms with Crippen LogP contribution in [-0.2, 0) is 0 Å². The van der Waals surface area contributed by atoms with Crippen LogP contribution in [0.1, 0.15) is 31.4 Å². The highest BCUT2D eigenvalue weighted by atomic mass is 32.2. The topological polar surface area (TPSA) is 30.5 Å². The van der Waals surface area contributed by atoms with E-state index in [0.29, 0.717) is 11.3 Å². The van der Waals surface area contributed by atoms with Crippen LogP contribution in [0.4, 0.5) is 0 Å². The molecule has 4 heteroatoms. The van der Waals surface area contributed by atoms with Crippen molar-refractivity contribution in [1.82, 2.24) is 5.32 Å². The molecular weight excluding hydrogens is 258 g/mol. The Morgan fingerprint density at radius 2 is 2.26 bits per heavy atom. The molecule has 2 heterocycles. The fourth-order valence-electron chi connectivity index (χ4n) is 3.18. The second-order valence-electron chi connectivity index (χ2n) is 5.56. The van der Waals surface area contributed by atoms with Crippen LogP contribution in [0.5, 0.6) is 11.5 Å². The summed E-state index contributed by atoms with van der Waals surface area (Å²) in [7, 11) is 3.73. The maximum absolute atomic E-state index is 6.37. The van der Waals surface area contributed by atoms with E-state index in [-0.39, 0.29) is 5.60 Å². The van der Waals surface area contributed by atoms with E-state index in [1.54, 1.807) is 7.11 Å². The smallest absolute Gasteiger partial charge is 0.125 e. The minimum Gasteiger partial charge on any atom is -0.497 e. The molecule has 2 aliphatic heterocycles. The average Bonchev–Trinajstić information content (AvgIpc) is 2.78. The molecular formula is C15H21NO2S. The quantitative estimate of drug-likeness (QED) is 0.901. The Morgan fingerprint density at radius 3 is 2.89 bits per heavy atom. The van der Waals surface area contributed by atoms with Gasteiger partial charge in [0.2, 0.25) is 0 Å². The molecule has 1 aromatic rings. The number of hydrogen-bond donors (Lipinski definition) is 1. The Balaban J connectivity index is 1.95. The highest BCUT2D eigenvalue weighted by Gasteiger charge is 2.45. The minimum atomic E-state index is 0.0132.